The van der Waals surface area contributed by atoms with Crippen LogP contribution in [0.15, 0.2) is 45.9 Å². The van der Waals surface area contributed by atoms with Crippen molar-refractivity contribution in [3.8, 4) is 0 Å². The van der Waals surface area contributed by atoms with E-state index in [2.05, 4.69) is 15.4 Å². The van der Waals surface area contributed by atoms with Crippen molar-refractivity contribution in [2.45, 2.75) is 42.9 Å². The zero-order chi connectivity index (χ0) is 22.0. The normalized spacial score (nSPS) is 15.9. The molecule has 2 saturated carbocycles. The maximum Gasteiger partial charge on any atom is 0.374 e. The van der Waals surface area contributed by atoms with Crippen molar-refractivity contribution in [3.63, 3.8) is 0 Å². The van der Waals surface area contributed by atoms with E-state index in [9.17, 15) is 22.8 Å². The molecule has 0 spiro atoms. The van der Waals surface area contributed by atoms with Gasteiger partial charge >= 0.3 is 5.97 Å². The van der Waals surface area contributed by atoms with Gasteiger partial charge in [0.2, 0.25) is 10.9 Å². The van der Waals surface area contributed by atoms with Crippen molar-refractivity contribution >= 4 is 33.5 Å². The number of benzene rings is 1. The van der Waals surface area contributed by atoms with Crippen LogP contribution in [0.1, 0.15) is 46.6 Å². The largest absolute Gasteiger partial charge is 0.450 e. The second kappa shape index (κ2) is 8.52. The number of hydrogen-bond acceptors (Lipinski definition) is 7. The van der Waals surface area contributed by atoms with Crippen molar-refractivity contribution < 1.29 is 32.0 Å². The van der Waals surface area contributed by atoms with E-state index in [1.165, 1.54) is 6.07 Å². The Morgan fingerprint density at radius 1 is 1.00 bits per heavy atom. The highest BCUT2D eigenvalue weighted by molar-refractivity contribution is 7.89. The van der Waals surface area contributed by atoms with E-state index < -0.39 is 33.6 Å². The Morgan fingerprint density at radius 3 is 2.42 bits per heavy atom. The zero-order valence-electron chi connectivity index (χ0n) is 16.4. The minimum atomic E-state index is -3.84. The van der Waals surface area contributed by atoms with Crippen molar-refractivity contribution in [2.75, 3.05) is 11.9 Å². The number of rotatable bonds is 9. The van der Waals surface area contributed by atoms with E-state index in [0.717, 1.165) is 31.7 Å². The number of hydrogen-bond donors (Lipinski definition) is 3. The van der Waals surface area contributed by atoms with Gasteiger partial charge in [0.15, 0.2) is 6.61 Å². The Labute approximate surface area is 178 Å². The van der Waals surface area contributed by atoms with Crippen LogP contribution in [0.5, 0.6) is 0 Å². The van der Waals surface area contributed by atoms with Crippen molar-refractivity contribution in [1.82, 2.24) is 10.0 Å². The molecule has 1 heterocycles. The van der Waals surface area contributed by atoms with Gasteiger partial charge in [0.1, 0.15) is 0 Å². The Balaban J connectivity index is 1.32. The molecule has 10 nitrogen and oxygen atoms in total. The third-order valence-corrected chi connectivity index (χ3v) is 6.03. The lowest BCUT2D eigenvalue weighted by atomic mass is 10.1. The fraction of sp³-hybridized carbons (Fsp3) is 0.350. The summed E-state index contributed by atoms with van der Waals surface area (Å²) >= 11 is 0. The van der Waals surface area contributed by atoms with Crippen LogP contribution in [0.2, 0.25) is 0 Å². The number of anilines is 1. The number of carbonyl (C=O) groups excluding carboxylic acids is 3. The van der Waals surface area contributed by atoms with Crippen LogP contribution in [0.25, 0.3) is 0 Å². The van der Waals surface area contributed by atoms with Gasteiger partial charge in [-0.05, 0) is 49.9 Å². The highest BCUT2D eigenvalue weighted by Gasteiger charge is 2.30. The standard InChI is InChI=1S/C20H21N3O7S/c24-17(22-15-4-2-1-3-14(15)19(25)21-12-5-6-12)11-29-20(26)16-9-10-18(30-16)31(27,28)23-13-7-8-13/h1-4,9-10,12-13,23H,5-8,11H2,(H,21,25)(H,22,24). The van der Waals surface area contributed by atoms with Crippen LogP contribution in [-0.4, -0.2) is 44.9 Å². The summed E-state index contributed by atoms with van der Waals surface area (Å²) in [6.45, 7) is -0.638. The maximum absolute atomic E-state index is 12.3. The number of carbonyl (C=O) groups is 3. The molecule has 0 radical (unpaired) electrons. The molecule has 11 heteroatoms. The summed E-state index contributed by atoms with van der Waals surface area (Å²) in [4.78, 5) is 36.6. The lowest BCUT2D eigenvalue weighted by Gasteiger charge is -2.11. The summed E-state index contributed by atoms with van der Waals surface area (Å²) in [5.41, 5.74) is 0.595. The molecular formula is C20H21N3O7S. The Bertz CT molecular complexity index is 1120. The Morgan fingerprint density at radius 2 is 1.71 bits per heavy atom. The van der Waals surface area contributed by atoms with Crippen LogP contribution < -0.4 is 15.4 Å². The quantitative estimate of drug-likeness (QED) is 0.493. The second-order valence-corrected chi connectivity index (χ2v) is 9.08. The monoisotopic (exact) mass is 447 g/mol. The average molecular weight is 447 g/mol. The fourth-order valence-electron chi connectivity index (χ4n) is 2.72. The minimum absolute atomic E-state index is 0.108. The van der Waals surface area contributed by atoms with Crippen LogP contribution in [0.4, 0.5) is 5.69 Å². The molecule has 0 unspecified atom stereocenters. The first-order valence-electron chi connectivity index (χ1n) is 9.81. The number of nitrogens with one attached hydrogen (secondary N) is 3. The predicted octanol–water partition coefficient (Wildman–Crippen LogP) is 1.41. The van der Waals surface area contributed by atoms with Crippen LogP contribution in [0, 0.1) is 0 Å². The molecule has 1 aromatic heterocycles. The highest BCUT2D eigenvalue weighted by atomic mass is 32.2. The topological polar surface area (TPSA) is 144 Å². The summed E-state index contributed by atoms with van der Waals surface area (Å²) in [6.07, 6.45) is 3.38. The second-order valence-electron chi connectivity index (χ2n) is 7.43. The van der Waals surface area contributed by atoms with Gasteiger partial charge in [0.05, 0.1) is 11.3 Å². The number of furan rings is 1. The summed E-state index contributed by atoms with van der Waals surface area (Å²) in [7, 11) is -3.84. The number of esters is 1. The molecule has 2 aliphatic rings. The minimum Gasteiger partial charge on any atom is -0.450 e. The molecule has 2 aliphatic carbocycles. The van der Waals surface area contributed by atoms with Gasteiger partial charge in [-0.3, -0.25) is 9.59 Å². The molecular weight excluding hydrogens is 426 g/mol. The van der Waals surface area contributed by atoms with Gasteiger partial charge in [-0.1, -0.05) is 12.1 Å². The first-order chi connectivity index (χ1) is 14.8. The molecule has 2 aromatic rings. The molecule has 0 bridgehead atoms. The van der Waals surface area contributed by atoms with Gasteiger partial charge in [-0.2, -0.15) is 0 Å². The fourth-order valence-corrected chi connectivity index (χ4v) is 3.96. The van der Waals surface area contributed by atoms with Gasteiger partial charge < -0.3 is 19.8 Å². The molecule has 2 amide bonds. The van der Waals surface area contributed by atoms with Gasteiger partial charge in [0.25, 0.3) is 21.8 Å². The highest BCUT2D eigenvalue weighted by Crippen LogP contribution is 2.23. The summed E-state index contributed by atoms with van der Waals surface area (Å²) in [6, 6.07) is 8.86. The van der Waals surface area contributed by atoms with Crippen LogP contribution >= 0.6 is 0 Å². The molecule has 3 N–H and O–H groups in total. The third kappa shape index (κ3) is 5.50. The van der Waals surface area contributed by atoms with Gasteiger partial charge in [-0.15, -0.1) is 0 Å². The molecule has 164 valence electrons. The van der Waals surface area contributed by atoms with Crippen molar-refractivity contribution in [1.29, 1.82) is 0 Å². The predicted molar refractivity (Wildman–Crippen MR) is 108 cm³/mol. The lowest BCUT2D eigenvalue weighted by molar-refractivity contribution is -0.119. The zero-order valence-corrected chi connectivity index (χ0v) is 17.2. The van der Waals surface area contributed by atoms with Crippen molar-refractivity contribution in [2.24, 2.45) is 0 Å². The van der Waals surface area contributed by atoms with E-state index in [-0.39, 0.29) is 23.8 Å². The average Bonchev–Trinajstić information content (AvgIpc) is 3.66. The Hall–Kier alpha value is -3.18. The lowest BCUT2D eigenvalue weighted by Crippen LogP contribution is -2.28. The van der Waals surface area contributed by atoms with E-state index in [1.54, 1.807) is 24.3 Å². The molecule has 2 fully saturated rings. The number of amides is 2. The van der Waals surface area contributed by atoms with Crippen LogP contribution in [-0.2, 0) is 19.6 Å². The van der Waals surface area contributed by atoms with Crippen molar-refractivity contribution in [3.05, 3.63) is 47.7 Å². The summed E-state index contributed by atoms with van der Waals surface area (Å²) in [5.74, 6) is -2.27. The van der Waals surface area contributed by atoms with E-state index >= 15 is 0 Å². The molecule has 4 rings (SSSR count). The maximum atomic E-state index is 12.3. The SMILES string of the molecule is O=C(COC(=O)c1ccc(S(=O)(=O)NC2CC2)o1)Nc1ccccc1C(=O)NC1CC1. The third-order valence-electron chi connectivity index (χ3n) is 4.64. The summed E-state index contributed by atoms with van der Waals surface area (Å²) < 4.78 is 36.6. The van der Waals surface area contributed by atoms with E-state index in [1.807, 2.05) is 0 Å². The first kappa shape index (κ1) is 21.1. The molecule has 0 atom stereocenters. The Kier molecular flexibility index (Phi) is 5.79. The van der Waals surface area contributed by atoms with Gasteiger partial charge in [-0.25, -0.2) is 17.9 Å². The molecule has 1 aromatic carbocycles. The first-order valence-corrected chi connectivity index (χ1v) is 11.3. The molecule has 31 heavy (non-hydrogen) atoms. The molecule has 0 aliphatic heterocycles. The number of para-hydroxylation sites is 1. The molecule has 0 saturated heterocycles. The van der Waals surface area contributed by atoms with E-state index in [0.29, 0.717) is 11.3 Å². The number of ether oxygens (including phenoxy) is 1. The summed E-state index contributed by atoms with van der Waals surface area (Å²) in [5, 5.41) is 4.98. The number of sulfonamides is 1. The van der Waals surface area contributed by atoms with E-state index in [4.69, 9.17) is 9.15 Å². The van der Waals surface area contributed by atoms with Crippen LogP contribution in [0.3, 0.4) is 0 Å². The van der Waals surface area contributed by atoms with Gasteiger partial charge in [0, 0.05) is 12.1 Å². The smallest absolute Gasteiger partial charge is 0.374 e.